The quantitative estimate of drug-likeness (QED) is 0.772. The molecule has 0 radical (unpaired) electrons. The molecule has 3 rings (SSSR count). The summed E-state index contributed by atoms with van der Waals surface area (Å²) in [7, 11) is 0. The summed E-state index contributed by atoms with van der Waals surface area (Å²) >= 11 is 5.87. The van der Waals surface area contributed by atoms with Crippen molar-refractivity contribution in [1.82, 2.24) is 0 Å². The zero-order chi connectivity index (χ0) is 19.8. The summed E-state index contributed by atoms with van der Waals surface area (Å²) in [4.78, 5) is 25.9. The van der Waals surface area contributed by atoms with E-state index in [1.54, 1.807) is 0 Å². The van der Waals surface area contributed by atoms with Crippen molar-refractivity contribution in [2.24, 2.45) is 5.92 Å². The maximum absolute atomic E-state index is 13.0. The van der Waals surface area contributed by atoms with Crippen molar-refractivity contribution in [3.05, 3.63) is 58.9 Å². The summed E-state index contributed by atoms with van der Waals surface area (Å²) in [6.45, 7) is 0.0346. The van der Waals surface area contributed by atoms with Crippen molar-refractivity contribution in [3.8, 4) is 0 Å². The van der Waals surface area contributed by atoms with Crippen LogP contribution >= 0.6 is 11.6 Å². The third kappa shape index (κ3) is 4.21. The number of halogens is 5. The minimum atomic E-state index is -4.58. The molecule has 4 nitrogen and oxygen atoms in total. The van der Waals surface area contributed by atoms with E-state index in [0.29, 0.717) is 5.69 Å². The van der Waals surface area contributed by atoms with Gasteiger partial charge >= 0.3 is 6.18 Å². The maximum atomic E-state index is 13.0. The van der Waals surface area contributed by atoms with Crippen LogP contribution in [0.25, 0.3) is 0 Å². The topological polar surface area (TPSA) is 49.4 Å². The van der Waals surface area contributed by atoms with Crippen molar-refractivity contribution < 1.29 is 27.2 Å². The second-order valence-corrected chi connectivity index (χ2v) is 6.47. The van der Waals surface area contributed by atoms with Gasteiger partial charge in [0, 0.05) is 18.7 Å². The molecule has 0 bridgehead atoms. The number of anilines is 2. The highest BCUT2D eigenvalue weighted by Gasteiger charge is 2.36. The Morgan fingerprint density at radius 2 is 1.81 bits per heavy atom. The highest BCUT2D eigenvalue weighted by atomic mass is 35.5. The Bertz CT molecular complexity index is 884. The number of amides is 2. The van der Waals surface area contributed by atoms with Crippen LogP contribution in [0.15, 0.2) is 42.5 Å². The number of nitrogens with zero attached hydrogens (tertiary/aromatic N) is 1. The van der Waals surface area contributed by atoms with Gasteiger partial charge in [-0.2, -0.15) is 13.2 Å². The molecule has 1 heterocycles. The molecular formula is C18H13ClF4N2O2. The van der Waals surface area contributed by atoms with Gasteiger partial charge in [0.25, 0.3) is 0 Å². The van der Waals surface area contributed by atoms with Gasteiger partial charge in [-0.15, -0.1) is 0 Å². The van der Waals surface area contributed by atoms with E-state index in [1.807, 2.05) is 0 Å². The van der Waals surface area contributed by atoms with Crippen molar-refractivity contribution in [2.45, 2.75) is 12.6 Å². The van der Waals surface area contributed by atoms with Crippen LogP contribution in [0.2, 0.25) is 5.02 Å². The SMILES string of the molecule is O=C(Nc1cc(C(F)(F)F)ccc1Cl)[C@H]1CC(=O)N(c2ccc(F)cc2)C1. The van der Waals surface area contributed by atoms with Crippen LogP contribution < -0.4 is 10.2 Å². The summed E-state index contributed by atoms with van der Waals surface area (Å²) in [6.07, 6.45) is -4.69. The molecule has 1 N–H and O–H groups in total. The highest BCUT2D eigenvalue weighted by molar-refractivity contribution is 6.33. The van der Waals surface area contributed by atoms with Gasteiger partial charge in [0.1, 0.15) is 5.82 Å². The van der Waals surface area contributed by atoms with Crippen LogP contribution in [0, 0.1) is 11.7 Å². The van der Waals surface area contributed by atoms with Crippen molar-refractivity contribution in [3.63, 3.8) is 0 Å². The van der Waals surface area contributed by atoms with Gasteiger partial charge in [-0.25, -0.2) is 4.39 Å². The molecule has 1 atom stereocenters. The Morgan fingerprint density at radius 3 is 2.44 bits per heavy atom. The molecule has 0 spiro atoms. The molecule has 0 unspecified atom stereocenters. The zero-order valence-corrected chi connectivity index (χ0v) is 14.4. The fourth-order valence-electron chi connectivity index (χ4n) is 2.79. The minimum absolute atomic E-state index is 0.0346. The number of carbonyl (C=O) groups is 2. The smallest absolute Gasteiger partial charge is 0.324 e. The van der Waals surface area contributed by atoms with Crippen molar-refractivity contribution >= 4 is 34.8 Å². The molecular weight excluding hydrogens is 388 g/mol. The molecule has 9 heteroatoms. The first-order valence-corrected chi connectivity index (χ1v) is 8.26. The van der Waals surface area contributed by atoms with E-state index in [2.05, 4.69) is 5.32 Å². The van der Waals surface area contributed by atoms with E-state index < -0.39 is 29.4 Å². The van der Waals surface area contributed by atoms with Crippen LogP contribution in [-0.2, 0) is 15.8 Å². The summed E-state index contributed by atoms with van der Waals surface area (Å²) in [5.74, 6) is -2.18. The lowest BCUT2D eigenvalue weighted by Crippen LogP contribution is -2.28. The fraction of sp³-hybridized carbons (Fsp3) is 0.222. The largest absolute Gasteiger partial charge is 0.416 e. The molecule has 0 aliphatic carbocycles. The summed E-state index contributed by atoms with van der Waals surface area (Å²) in [5, 5.41) is 2.31. The third-order valence-electron chi connectivity index (χ3n) is 4.19. The average Bonchev–Trinajstić information content (AvgIpc) is 2.98. The lowest BCUT2D eigenvalue weighted by Gasteiger charge is -2.17. The number of nitrogens with one attached hydrogen (secondary N) is 1. The van der Waals surface area contributed by atoms with Gasteiger partial charge in [-0.3, -0.25) is 9.59 Å². The number of benzene rings is 2. The number of hydrogen-bond donors (Lipinski definition) is 1. The molecule has 2 amide bonds. The molecule has 0 aromatic heterocycles. The van der Waals surface area contributed by atoms with E-state index in [9.17, 15) is 27.2 Å². The third-order valence-corrected chi connectivity index (χ3v) is 4.52. The molecule has 142 valence electrons. The standard InChI is InChI=1S/C18H13ClF4N2O2/c19-14-6-1-11(18(21,22)23)8-15(14)24-17(27)10-7-16(26)25(9-10)13-4-2-12(20)3-5-13/h1-6,8,10H,7,9H2,(H,24,27)/t10-/m0/s1. The van der Waals surface area contributed by atoms with Crippen LogP contribution in [0.4, 0.5) is 28.9 Å². The lowest BCUT2D eigenvalue weighted by atomic mass is 10.1. The highest BCUT2D eigenvalue weighted by Crippen LogP contribution is 2.34. The minimum Gasteiger partial charge on any atom is -0.324 e. The van der Waals surface area contributed by atoms with E-state index in [1.165, 1.54) is 29.2 Å². The van der Waals surface area contributed by atoms with Crippen LogP contribution in [-0.4, -0.2) is 18.4 Å². The Labute approximate surface area is 156 Å². The number of carbonyl (C=O) groups excluding carboxylic acids is 2. The molecule has 2 aromatic carbocycles. The van der Waals surface area contributed by atoms with E-state index in [0.717, 1.165) is 18.2 Å². The van der Waals surface area contributed by atoms with E-state index >= 15 is 0 Å². The Hall–Kier alpha value is -2.61. The number of rotatable bonds is 3. The first-order valence-electron chi connectivity index (χ1n) is 7.88. The molecule has 1 aliphatic heterocycles. The van der Waals surface area contributed by atoms with Crippen LogP contribution in [0.3, 0.4) is 0 Å². The fourth-order valence-corrected chi connectivity index (χ4v) is 2.95. The number of alkyl halides is 3. The molecule has 1 fully saturated rings. The maximum Gasteiger partial charge on any atom is 0.416 e. The molecule has 0 saturated carbocycles. The summed E-state index contributed by atoms with van der Waals surface area (Å²) in [5.41, 5.74) is -0.685. The Kier molecular flexibility index (Phi) is 5.10. The predicted octanol–water partition coefficient (Wildman–Crippen LogP) is 4.49. The average molecular weight is 401 g/mol. The zero-order valence-electron chi connectivity index (χ0n) is 13.7. The Balaban J connectivity index is 1.74. The van der Waals surface area contributed by atoms with Gasteiger partial charge in [-0.1, -0.05) is 11.6 Å². The number of hydrogen-bond acceptors (Lipinski definition) is 2. The van der Waals surface area contributed by atoms with Gasteiger partial charge in [0.15, 0.2) is 0 Å². The molecule has 27 heavy (non-hydrogen) atoms. The van der Waals surface area contributed by atoms with Gasteiger partial charge < -0.3 is 10.2 Å². The second kappa shape index (κ2) is 7.19. The van der Waals surface area contributed by atoms with Gasteiger partial charge in [0.2, 0.25) is 11.8 Å². The molecule has 1 saturated heterocycles. The monoisotopic (exact) mass is 400 g/mol. The first kappa shape index (κ1) is 19.2. The van der Waals surface area contributed by atoms with E-state index in [-0.39, 0.29) is 29.6 Å². The Morgan fingerprint density at radius 1 is 1.15 bits per heavy atom. The summed E-state index contributed by atoms with van der Waals surface area (Å²) < 4.78 is 51.5. The molecule has 1 aliphatic rings. The second-order valence-electron chi connectivity index (χ2n) is 6.06. The molecule has 2 aromatic rings. The summed E-state index contributed by atoms with van der Waals surface area (Å²) in [6, 6.07) is 7.82. The van der Waals surface area contributed by atoms with Gasteiger partial charge in [0.05, 0.1) is 22.2 Å². The normalized spacial score (nSPS) is 17.3. The van der Waals surface area contributed by atoms with Crippen molar-refractivity contribution in [2.75, 3.05) is 16.8 Å². The predicted molar refractivity (Wildman–Crippen MR) is 91.9 cm³/mol. The lowest BCUT2D eigenvalue weighted by molar-refractivity contribution is -0.137. The first-order chi connectivity index (χ1) is 12.6. The van der Waals surface area contributed by atoms with Crippen LogP contribution in [0.5, 0.6) is 0 Å². The van der Waals surface area contributed by atoms with Crippen LogP contribution in [0.1, 0.15) is 12.0 Å². The van der Waals surface area contributed by atoms with E-state index in [4.69, 9.17) is 11.6 Å². The van der Waals surface area contributed by atoms with Crippen molar-refractivity contribution in [1.29, 1.82) is 0 Å². The van der Waals surface area contributed by atoms with Gasteiger partial charge in [-0.05, 0) is 42.5 Å².